The van der Waals surface area contributed by atoms with Gasteiger partial charge in [0.05, 0.1) is 0 Å². The number of benzene rings is 2. The number of piperidine rings is 1. The number of nitrogens with zero attached hydrogens (tertiary/aromatic N) is 2. The number of pyridine rings is 1. The minimum atomic E-state index is 0.354. The Hall–Kier alpha value is -1.65. The van der Waals surface area contributed by atoms with Crippen molar-refractivity contribution >= 4 is 34.0 Å². The molecule has 134 valence electrons. The third-order valence-electron chi connectivity index (χ3n) is 5.08. The first-order chi connectivity index (χ1) is 12.6. The molecule has 4 rings (SSSR count). The highest BCUT2D eigenvalue weighted by Crippen LogP contribution is 2.35. The summed E-state index contributed by atoms with van der Waals surface area (Å²) in [5, 5.41) is 3.55. The number of rotatable bonds is 3. The van der Waals surface area contributed by atoms with Gasteiger partial charge in [0.15, 0.2) is 0 Å². The van der Waals surface area contributed by atoms with Gasteiger partial charge < -0.3 is 5.73 Å². The lowest BCUT2D eigenvalue weighted by Crippen LogP contribution is -2.39. The number of halogens is 2. The van der Waals surface area contributed by atoms with Crippen LogP contribution >= 0.6 is 23.2 Å². The molecule has 26 heavy (non-hydrogen) atoms. The van der Waals surface area contributed by atoms with E-state index in [4.69, 9.17) is 28.9 Å². The first-order valence-corrected chi connectivity index (χ1v) is 9.66. The highest BCUT2D eigenvalue weighted by atomic mass is 35.5. The Balaban J connectivity index is 1.70. The molecule has 5 heteroatoms. The van der Waals surface area contributed by atoms with Crippen LogP contribution in [0.4, 0.5) is 0 Å². The molecule has 1 aliphatic heterocycles. The van der Waals surface area contributed by atoms with Crippen molar-refractivity contribution < 1.29 is 0 Å². The van der Waals surface area contributed by atoms with Crippen LogP contribution < -0.4 is 5.73 Å². The first kappa shape index (κ1) is 17.7. The van der Waals surface area contributed by atoms with Gasteiger partial charge in [0, 0.05) is 51.5 Å². The smallest absolute Gasteiger partial charge is 0.0499 e. The normalized spacial score (nSPS) is 16.3. The van der Waals surface area contributed by atoms with E-state index >= 15 is 0 Å². The molecule has 2 heterocycles. The summed E-state index contributed by atoms with van der Waals surface area (Å²) < 4.78 is 0. The molecule has 3 aromatic rings. The second-order valence-electron chi connectivity index (χ2n) is 6.98. The van der Waals surface area contributed by atoms with E-state index in [2.05, 4.69) is 28.1 Å². The Morgan fingerprint density at radius 2 is 1.81 bits per heavy atom. The number of hydrogen-bond donors (Lipinski definition) is 1. The highest BCUT2D eigenvalue weighted by molar-refractivity contribution is 6.36. The third-order valence-corrected chi connectivity index (χ3v) is 5.63. The Bertz CT molecular complexity index is 934. The molecular weight excluding hydrogens is 365 g/mol. The van der Waals surface area contributed by atoms with E-state index in [1.807, 2.05) is 24.5 Å². The van der Waals surface area contributed by atoms with Gasteiger partial charge in [0.25, 0.3) is 0 Å². The molecule has 2 N–H and O–H groups in total. The number of aromatic nitrogens is 1. The van der Waals surface area contributed by atoms with Gasteiger partial charge in [-0.25, -0.2) is 0 Å². The quantitative estimate of drug-likeness (QED) is 0.679. The second kappa shape index (κ2) is 7.53. The molecule has 0 aliphatic carbocycles. The lowest BCUT2D eigenvalue weighted by Gasteiger charge is -2.30. The van der Waals surface area contributed by atoms with Gasteiger partial charge in [-0.15, -0.1) is 0 Å². The molecule has 1 aromatic heterocycles. The summed E-state index contributed by atoms with van der Waals surface area (Å²) in [6.07, 6.45) is 5.92. The van der Waals surface area contributed by atoms with Gasteiger partial charge in [-0.05, 0) is 55.1 Å². The van der Waals surface area contributed by atoms with Crippen molar-refractivity contribution in [1.29, 1.82) is 0 Å². The molecule has 0 radical (unpaired) electrons. The summed E-state index contributed by atoms with van der Waals surface area (Å²) in [6, 6.07) is 12.5. The predicted molar refractivity (Wildman–Crippen MR) is 110 cm³/mol. The van der Waals surface area contributed by atoms with Crippen LogP contribution in [0, 0.1) is 0 Å². The average molecular weight is 386 g/mol. The fourth-order valence-corrected chi connectivity index (χ4v) is 4.11. The van der Waals surface area contributed by atoms with E-state index in [-0.39, 0.29) is 0 Å². The molecule has 0 atom stereocenters. The van der Waals surface area contributed by atoms with Gasteiger partial charge in [0.1, 0.15) is 0 Å². The van der Waals surface area contributed by atoms with E-state index in [1.165, 1.54) is 5.56 Å². The summed E-state index contributed by atoms with van der Waals surface area (Å²) in [4.78, 5) is 6.86. The number of hydrogen-bond acceptors (Lipinski definition) is 3. The van der Waals surface area contributed by atoms with Crippen molar-refractivity contribution in [3.63, 3.8) is 0 Å². The molecule has 2 aromatic carbocycles. The van der Waals surface area contributed by atoms with E-state index in [0.717, 1.165) is 54.4 Å². The minimum absolute atomic E-state index is 0.354. The van der Waals surface area contributed by atoms with Crippen molar-refractivity contribution in [1.82, 2.24) is 9.88 Å². The Morgan fingerprint density at radius 3 is 2.58 bits per heavy atom. The van der Waals surface area contributed by atoms with Gasteiger partial charge in [-0.2, -0.15) is 0 Å². The van der Waals surface area contributed by atoms with Crippen LogP contribution in [0.1, 0.15) is 18.4 Å². The van der Waals surface area contributed by atoms with Gasteiger partial charge in [-0.3, -0.25) is 9.88 Å². The van der Waals surface area contributed by atoms with Crippen LogP contribution in [0.2, 0.25) is 10.0 Å². The maximum absolute atomic E-state index is 6.44. The van der Waals surface area contributed by atoms with Crippen LogP contribution in [-0.2, 0) is 6.54 Å². The molecule has 3 nitrogen and oxygen atoms in total. The van der Waals surface area contributed by atoms with Crippen molar-refractivity contribution in [2.24, 2.45) is 5.73 Å². The SMILES string of the molecule is NC1CCN(Cc2ccc3cncc(-c4ccc(Cl)cc4Cl)c3c2)CC1. The monoisotopic (exact) mass is 385 g/mol. The number of nitrogens with two attached hydrogens (primary N) is 1. The largest absolute Gasteiger partial charge is 0.328 e. The topological polar surface area (TPSA) is 42.1 Å². The summed E-state index contributed by atoms with van der Waals surface area (Å²) in [6.45, 7) is 3.07. The first-order valence-electron chi connectivity index (χ1n) is 8.90. The van der Waals surface area contributed by atoms with E-state index in [0.29, 0.717) is 16.1 Å². The highest BCUT2D eigenvalue weighted by Gasteiger charge is 2.16. The molecule has 0 unspecified atom stereocenters. The Morgan fingerprint density at radius 1 is 1.00 bits per heavy atom. The van der Waals surface area contributed by atoms with E-state index < -0.39 is 0 Å². The predicted octanol–water partition coefficient (Wildman–Crippen LogP) is 5.13. The molecule has 1 aliphatic rings. The van der Waals surface area contributed by atoms with Gasteiger partial charge >= 0.3 is 0 Å². The number of likely N-dealkylation sites (tertiary alicyclic amines) is 1. The lowest BCUT2D eigenvalue weighted by atomic mass is 9.98. The van der Waals surface area contributed by atoms with Crippen molar-refractivity contribution in [3.05, 3.63) is 64.4 Å². The summed E-state index contributed by atoms with van der Waals surface area (Å²) in [5.41, 5.74) is 9.30. The molecule has 0 amide bonds. The standard InChI is InChI=1S/C21H21Cl2N3/c22-16-3-4-18(21(23)10-16)20-12-25-11-15-2-1-14(9-19(15)20)13-26-7-5-17(24)6-8-26/h1-4,9-12,17H,5-8,13,24H2. The zero-order valence-corrected chi connectivity index (χ0v) is 16.0. The van der Waals surface area contributed by atoms with Crippen LogP contribution in [-0.4, -0.2) is 29.0 Å². The molecule has 1 fully saturated rings. The molecule has 0 saturated carbocycles. The Kier molecular flexibility index (Phi) is 5.14. The average Bonchev–Trinajstić information content (AvgIpc) is 2.63. The van der Waals surface area contributed by atoms with E-state index in [1.54, 1.807) is 6.07 Å². The third kappa shape index (κ3) is 3.72. The van der Waals surface area contributed by atoms with Crippen LogP contribution in [0.25, 0.3) is 21.9 Å². The fourth-order valence-electron chi connectivity index (χ4n) is 3.60. The second-order valence-corrected chi connectivity index (χ2v) is 7.82. The summed E-state index contributed by atoms with van der Waals surface area (Å²) >= 11 is 12.5. The lowest BCUT2D eigenvalue weighted by molar-refractivity contribution is 0.206. The molecule has 0 spiro atoms. The maximum Gasteiger partial charge on any atom is 0.0499 e. The maximum atomic E-state index is 6.44. The van der Waals surface area contributed by atoms with Crippen molar-refractivity contribution in [2.75, 3.05) is 13.1 Å². The zero-order valence-electron chi connectivity index (χ0n) is 14.5. The van der Waals surface area contributed by atoms with Crippen molar-refractivity contribution in [2.45, 2.75) is 25.4 Å². The molecule has 1 saturated heterocycles. The summed E-state index contributed by atoms with van der Waals surface area (Å²) in [7, 11) is 0. The van der Waals surface area contributed by atoms with Gasteiger partial charge in [0.2, 0.25) is 0 Å². The molecular formula is C21H21Cl2N3. The summed E-state index contributed by atoms with van der Waals surface area (Å²) in [5.74, 6) is 0. The fraction of sp³-hybridized carbons (Fsp3) is 0.286. The van der Waals surface area contributed by atoms with Gasteiger partial charge in [-0.1, -0.05) is 41.4 Å². The zero-order chi connectivity index (χ0) is 18.1. The number of fused-ring (bicyclic) bond motifs is 1. The van der Waals surface area contributed by atoms with Crippen molar-refractivity contribution in [3.8, 4) is 11.1 Å². The van der Waals surface area contributed by atoms with Crippen LogP contribution in [0.5, 0.6) is 0 Å². The van der Waals surface area contributed by atoms with E-state index in [9.17, 15) is 0 Å². The minimum Gasteiger partial charge on any atom is -0.328 e. The van der Waals surface area contributed by atoms with Crippen LogP contribution in [0.15, 0.2) is 48.8 Å². The molecule has 0 bridgehead atoms. The Labute approximate surface area is 163 Å². The van der Waals surface area contributed by atoms with Crippen LogP contribution in [0.3, 0.4) is 0 Å².